The van der Waals surface area contributed by atoms with Gasteiger partial charge in [-0.3, -0.25) is 9.59 Å². The molecule has 0 saturated carbocycles. The summed E-state index contributed by atoms with van der Waals surface area (Å²) < 4.78 is 5.19. The molecule has 0 bridgehead atoms. The Balaban J connectivity index is 3.06. The van der Waals surface area contributed by atoms with Gasteiger partial charge in [0.2, 0.25) is 11.8 Å². The van der Waals surface area contributed by atoms with Crippen LogP contribution in [0.3, 0.4) is 0 Å². The van der Waals surface area contributed by atoms with E-state index in [1.54, 1.807) is 32.9 Å². The van der Waals surface area contributed by atoms with Crippen molar-refractivity contribution < 1.29 is 24.2 Å². The predicted octanol–water partition coefficient (Wildman–Crippen LogP) is 3.11. The second-order valence-corrected chi connectivity index (χ2v) is 8.51. The number of carbonyl (C=O) groups is 3. The van der Waals surface area contributed by atoms with Crippen molar-refractivity contribution in [2.45, 2.75) is 78.1 Å². The Morgan fingerprint density at radius 3 is 2.33 bits per heavy atom. The van der Waals surface area contributed by atoms with E-state index in [9.17, 15) is 19.5 Å². The lowest BCUT2D eigenvalue weighted by atomic mass is 10.0. The number of alkyl carbamates (subject to hydrolysis) is 1. The van der Waals surface area contributed by atoms with Crippen molar-refractivity contribution in [2.24, 2.45) is 0 Å². The van der Waals surface area contributed by atoms with E-state index in [0.717, 1.165) is 12.8 Å². The number of nitrogens with one attached hydrogen (secondary N) is 2. The van der Waals surface area contributed by atoms with Gasteiger partial charge < -0.3 is 25.4 Å². The van der Waals surface area contributed by atoms with Gasteiger partial charge >= 0.3 is 6.09 Å². The van der Waals surface area contributed by atoms with E-state index in [2.05, 4.69) is 10.6 Å². The first-order valence-electron chi connectivity index (χ1n) is 10.2. The van der Waals surface area contributed by atoms with Crippen LogP contribution in [0.15, 0.2) is 24.3 Å². The highest BCUT2D eigenvalue weighted by Gasteiger charge is 2.32. The first-order chi connectivity index (χ1) is 13.9. The number of hydrogen-bond acceptors (Lipinski definition) is 5. The van der Waals surface area contributed by atoms with Crippen molar-refractivity contribution >= 4 is 17.9 Å². The third kappa shape index (κ3) is 7.93. The largest absolute Gasteiger partial charge is 0.508 e. The summed E-state index contributed by atoms with van der Waals surface area (Å²) in [5, 5.41) is 15.3. The van der Waals surface area contributed by atoms with Crippen LogP contribution in [0.4, 0.5) is 4.79 Å². The van der Waals surface area contributed by atoms with Gasteiger partial charge in [-0.05, 0) is 58.7 Å². The molecule has 3 amide bonds. The smallest absolute Gasteiger partial charge is 0.408 e. The van der Waals surface area contributed by atoms with Gasteiger partial charge in [0.05, 0.1) is 0 Å². The summed E-state index contributed by atoms with van der Waals surface area (Å²) in [4.78, 5) is 39.3. The standard InChI is InChI=1S/C22H35N3O5/c1-8-10-14(2)23-19(27)18(16-11-9-12-17(26)13-16)25(7)20(28)15(3)24-21(29)30-22(4,5)6/h9,11-15,18,26H,8,10H2,1-7H3,(H,23,27)(H,24,29). The fourth-order valence-electron chi connectivity index (χ4n) is 3.05. The average molecular weight is 422 g/mol. The van der Waals surface area contributed by atoms with Crippen molar-refractivity contribution in [3.05, 3.63) is 29.8 Å². The van der Waals surface area contributed by atoms with Crippen molar-refractivity contribution in [3.8, 4) is 5.75 Å². The molecule has 0 radical (unpaired) electrons. The molecule has 1 aromatic carbocycles. The van der Waals surface area contributed by atoms with Gasteiger partial charge in [0.1, 0.15) is 23.4 Å². The fourth-order valence-corrected chi connectivity index (χ4v) is 3.05. The van der Waals surface area contributed by atoms with Gasteiger partial charge in [-0.25, -0.2) is 4.79 Å². The van der Waals surface area contributed by atoms with E-state index >= 15 is 0 Å². The lowest BCUT2D eigenvalue weighted by Crippen LogP contribution is -2.51. The molecule has 0 fully saturated rings. The van der Waals surface area contributed by atoms with Crippen LogP contribution in [0.1, 0.15) is 66.0 Å². The maximum Gasteiger partial charge on any atom is 0.408 e. The Hall–Kier alpha value is -2.77. The van der Waals surface area contributed by atoms with Crippen molar-refractivity contribution in [2.75, 3.05) is 7.05 Å². The van der Waals surface area contributed by atoms with Crippen LogP contribution >= 0.6 is 0 Å². The van der Waals surface area contributed by atoms with Crippen molar-refractivity contribution in [1.82, 2.24) is 15.5 Å². The molecule has 3 unspecified atom stereocenters. The number of aromatic hydroxyl groups is 1. The normalized spacial score (nSPS) is 14.2. The van der Waals surface area contributed by atoms with E-state index in [0.29, 0.717) is 5.56 Å². The fraction of sp³-hybridized carbons (Fsp3) is 0.591. The van der Waals surface area contributed by atoms with E-state index in [4.69, 9.17) is 4.74 Å². The zero-order valence-corrected chi connectivity index (χ0v) is 19.0. The summed E-state index contributed by atoms with van der Waals surface area (Å²) in [5.74, 6) is -0.831. The lowest BCUT2D eigenvalue weighted by molar-refractivity contribution is -0.140. The number of phenols is 1. The van der Waals surface area contributed by atoms with Crippen LogP contribution < -0.4 is 10.6 Å². The van der Waals surface area contributed by atoms with Crippen LogP contribution in [0.2, 0.25) is 0 Å². The zero-order chi connectivity index (χ0) is 23.1. The Morgan fingerprint density at radius 1 is 1.17 bits per heavy atom. The number of likely N-dealkylation sites (N-methyl/N-ethyl adjacent to an activating group) is 1. The summed E-state index contributed by atoms with van der Waals surface area (Å²) in [6, 6.07) is 4.28. The van der Waals surface area contributed by atoms with Crippen molar-refractivity contribution in [3.63, 3.8) is 0 Å². The molecule has 8 nitrogen and oxygen atoms in total. The number of hydrogen-bond donors (Lipinski definition) is 3. The number of nitrogens with zero attached hydrogens (tertiary/aromatic N) is 1. The number of phenolic OH excluding ortho intramolecular Hbond substituents is 1. The Kier molecular flexibility index (Phi) is 9.14. The Labute approximate surface area is 179 Å². The topological polar surface area (TPSA) is 108 Å². The monoisotopic (exact) mass is 421 g/mol. The Bertz CT molecular complexity index is 745. The highest BCUT2D eigenvalue weighted by molar-refractivity contribution is 5.91. The van der Waals surface area contributed by atoms with E-state index in [-0.39, 0.29) is 17.7 Å². The Morgan fingerprint density at radius 2 is 1.80 bits per heavy atom. The van der Waals surface area contributed by atoms with Crippen LogP contribution in [-0.2, 0) is 14.3 Å². The maximum atomic E-state index is 13.0. The van der Waals surface area contributed by atoms with Crippen molar-refractivity contribution in [1.29, 1.82) is 0 Å². The molecule has 30 heavy (non-hydrogen) atoms. The molecule has 0 spiro atoms. The first-order valence-corrected chi connectivity index (χ1v) is 10.2. The molecule has 8 heteroatoms. The highest BCUT2D eigenvalue weighted by atomic mass is 16.6. The quantitative estimate of drug-likeness (QED) is 0.598. The SMILES string of the molecule is CCCC(C)NC(=O)C(c1cccc(O)c1)N(C)C(=O)C(C)NC(=O)OC(C)(C)C. The third-order valence-corrected chi connectivity index (χ3v) is 4.38. The molecular formula is C22H35N3O5. The number of ether oxygens (including phenoxy) is 1. The molecule has 0 aliphatic rings. The lowest BCUT2D eigenvalue weighted by Gasteiger charge is -2.31. The van der Waals surface area contributed by atoms with E-state index in [1.165, 1.54) is 31.0 Å². The number of amides is 3. The summed E-state index contributed by atoms with van der Waals surface area (Å²) in [6.07, 6.45) is 0.989. The summed E-state index contributed by atoms with van der Waals surface area (Å²) >= 11 is 0. The molecule has 0 saturated heterocycles. The number of rotatable bonds is 8. The van der Waals surface area contributed by atoms with Gasteiger partial charge in [-0.2, -0.15) is 0 Å². The molecule has 0 heterocycles. The highest BCUT2D eigenvalue weighted by Crippen LogP contribution is 2.24. The molecule has 1 rings (SSSR count). The van der Waals surface area contributed by atoms with Crippen LogP contribution in [0.25, 0.3) is 0 Å². The molecule has 3 atom stereocenters. The average Bonchev–Trinajstić information content (AvgIpc) is 2.59. The van der Waals surface area contributed by atoms with Gasteiger partial charge in [-0.1, -0.05) is 25.5 Å². The molecular weight excluding hydrogens is 386 g/mol. The minimum Gasteiger partial charge on any atom is -0.508 e. The molecule has 1 aromatic rings. The van der Waals surface area contributed by atoms with Gasteiger partial charge in [0.15, 0.2) is 0 Å². The maximum absolute atomic E-state index is 13.0. The molecule has 0 aliphatic carbocycles. The summed E-state index contributed by atoms with van der Waals surface area (Å²) in [5.41, 5.74) is -0.227. The minimum absolute atomic E-state index is 0.00677. The summed E-state index contributed by atoms with van der Waals surface area (Å²) in [7, 11) is 1.49. The van der Waals surface area contributed by atoms with E-state index < -0.39 is 29.7 Å². The second kappa shape index (κ2) is 10.8. The third-order valence-electron chi connectivity index (χ3n) is 4.38. The zero-order valence-electron chi connectivity index (χ0n) is 19.0. The van der Waals surface area contributed by atoms with E-state index in [1.807, 2.05) is 13.8 Å². The van der Waals surface area contributed by atoms with Crippen LogP contribution in [-0.4, -0.2) is 52.6 Å². The predicted molar refractivity (Wildman–Crippen MR) is 115 cm³/mol. The van der Waals surface area contributed by atoms with Crippen LogP contribution in [0.5, 0.6) is 5.75 Å². The molecule has 168 valence electrons. The molecule has 0 aromatic heterocycles. The number of benzene rings is 1. The minimum atomic E-state index is -0.966. The van der Waals surface area contributed by atoms with Gasteiger partial charge in [-0.15, -0.1) is 0 Å². The van der Waals surface area contributed by atoms with Crippen LogP contribution in [0, 0.1) is 0 Å². The summed E-state index contributed by atoms with van der Waals surface area (Å²) in [6.45, 7) is 10.6. The molecule has 3 N–H and O–H groups in total. The molecule has 0 aliphatic heterocycles. The second-order valence-electron chi connectivity index (χ2n) is 8.51. The number of carbonyl (C=O) groups excluding carboxylic acids is 3. The first kappa shape index (κ1) is 25.3. The van der Waals surface area contributed by atoms with Gasteiger partial charge in [0, 0.05) is 13.1 Å². The van der Waals surface area contributed by atoms with Gasteiger partial charge in [0.25, 0.3) is 0 Å².